The van der Waals surface area contributed by atoms with E-state index in [-0.39, 0.29) is 0 Å². The lowest BCUT2D eigenvalue weighted by Crippen LogP contribution is -2.26. The van der Waals surface area contributed by atoms with Gasteiger partial charge in [0, 0.05) is 49.7 Å². The van der Waals surface area contributed by atoms with Crippen molar-refractivity contribution in [3.05, 3.63) is 295 Å². The maximum absolute atomic E-state index is 2.53. The average Bonchev–Trinajstić information content (AvgIpc) is 4.19. The Morgan fingerprint density at radius 2 is 0.770 bits per heavy atom. The van der Waals surface area contributed by atoms with Gasteiger partial charge in [-0.3, -0.25) is 0 Å². The van der Waals surface area contributed by atoms with Crippen LogP contribution in [0.5, 0.6) is 0 Å². The number of nitrogens with zero attached hydrogens (tertiary/aromatic N) is 3. The molecule has 0 N–H and O–H groups in total. The zero-order valence-electron chi connectivity index (χ0n) is 40.3. The molecule has 0 amide bonds. The van der Waals surface area contributed by atoms with E-state index in [1.54, 1.807) is 0 Å². The number of benzene rings is 12. The summed E-state index contributed by atoms with van der Waals surface area (Å²) in [5.41, 5.74) is 22.5. The smallest absolute Gasteiger partial charge is 0.0726 e. The molecule has 0 unspecified atom stereocenters. The average molecular weight is 940 g/mol. The van der Waals surface area contributed by atoms with Crippen LogP contribution in [-0.4, -0.2) is 9.13 Å². The monoisotopic (exact) mass is 939 g/mol. The molecule has 1 spiro atoms. The summed E-state index contributed by atoms with van der Waals surface area (Å²) in [6, 6.07) is 102. The number of aromatic nitrogens is 2. The molecule has 0 fully saturated rings. The highest BCUT2D eigenvalue weighted by atomic mass is 15.1. The number of anilines is 3. The summed E-state index contributed by atoms with van der Waals surface area (Å²) >= 11 is 0. The Labute approximate surface area is 428 Å². The van der Waals surface area contributed by atoms with Crippen molar-refractivity contribution in [2.45, 2.75) is 5.41 Å². The van der Waals surface area contributed by atoms with E-state index in [0.717, 1.165) is 39.6 Å². The number of fused-ring (bicyclic) bond motifs is 17. The van der Waals surface area contributed by atoms with E-state index >= 15 is 0 Å². The predicted molar refractivity (Wildman–Crippen MR) is 309 cm³/mol. The highest BCUT2D eigenvalue weighted by Crippen LogP contribution is 2.63. The molecule has 0 aliphatic heterocycles. The zero-order chi connectivity index (χ0) is 48.5. The van der Waals surface area contributed by atoms with Crippen molar-refractivity contribution in [1.82, 2.24) is 9.13 Å². The van der Waals surface area contributed by atoms with Crippen LogP contribution in [0.4, 0.5) is 17.1 Å². The molecule has 0 saturated carbocycles. The van der Waals surface area contributed by atoms with E-state index in [9.17, 15) is 0 Å². The molecule has 14 aromatic rings. The van der Waals surface area contributed by atoms with Crippen molar-refractivity contribution < 1.29 is 0 Å². The number of hydrogen-bond acceptors (Lipinski definition) is 1. The summed E-state index contributed by atoms with van der Waals surface area (Å²) in [5.74, 6) is 0. The summed E-state index contributed by atoms with van der Waals surface area (Å²) in [7, 11) is 0. The van der Waals surface area contributed by atoms with E-state index in [4.69, 9.17) is 0 Å². The van der Waals surface area contributed by atoms with Gasteiger partial charge in [-0.1, -0.05) is 194 Å². The lowest BCUT2D eigenvalue weighted by Gasteiger charge is -2.32. The van der Waals surface area contributed by atoms with Crippen LogP contribution in [0.1, 0.15) is 22.3 Å². The molecule has 3 nitrogen and oxygen atoms in total. The maximum Gasteiger partial charge on any atom is 0.0726 e. The van der Waals surface area contributed by atoms with Crippen LogP contribution in [0.15, 0.2) is 273 Å². The first kappa shape index (κ1) is 41.0. The molecule has 3 heteroatoms. The molecule has 2 aliphatic carbocycles. The van der Waals surface area contributed by atoms with Crippen LogP contribution in [0.3, 0.4) is 0 Å². The van der Waals surface area contributed by atoms with Crippen molar-refractivity contribution in [2.24, 2.45) is 0 Å². The first-order valence-electron chi connectivity index (χ1n) is 25.7. The first-order chi connectivity index (χ1) is 36.7. The molecular formula is C71H45N3. The molecule has 2 aromatic heterocycles. The highest BCUT2D eigenvalue weighted by molar-refractivity contribution is 6.12. The lowest BCUT2D eigenvalue weighted by molar-refractivity contribution is 0.793. The van der Waals surface area contributed by atoms with Crippen LogP contribution < -0.4 is 4.90 Å². The van der Waals surface area contributed by atoms with E-state index < -0.39 is 5.41 Å². The fraction of sp³-hybridized carbons (Fsp3) is 0.0141. The third kappa shape index (κ3) is 5.66. The highest BCUT2D eigenvalue weighted by Gasteiger charge is 2.51. The van der Waals surface area contributed by atoms with Crippen molar-refractivity contribution in [1.29, 1.82) is 0 Å². The Kier molecular flexibility index (Phi) is 8.66. The Balaban J connectivity index is 0.998. The van der Waals surface area contributed by atoms with Crippen LogP contribution in [0.2, 0.25) is 0 Å². The molecule has 74 heavy (non-hydrogen) atoms. The second-order valence-corrected chi connectivity index (χ2v) is 20.0. The normalized spacial score (nSPS) is 13.0. The Morgan fingerprint density at radius 3 is 1.42 bits per heavy atom. The third-order valence-electron chi connectivity index (χ3n) is 16.3. The Morgan fingerprint density at radius 1 is 0.270 bits per heavy atom. The van der Waals surface area contributed by atoms with Crippen LogP contribution >= 0.6 is 0 Å². The fourth-order valence-corrected chi connectivity index (χ4v) is 13.3. The number of para-hydroxylation sites is 4. The summed E-state index contributed by atoms with van der Waals surface area (Å²) < 4.78 is 4.87. The minimum absolute atomic E-state index is 0.496. The molecule has 16 rings (SSSR count). The van der Waals surface area contributed by atoms with E-state index in [1.165, 1.54) is 98.9 Å². The quantitative estimate of drug-likeness (QED) is 0.162. The summed E-state index contributed by atoms with van der Waals surface area (Å²) in [6.07, 6.45) is 0. The molecule has 0 radical (unpaired) electrons. The summed E-state index contributed by atoms with van der Waals surface area (Å²) in [5, 5.41) is 7.29. The van der Waals surface area contributed by atoms with Crippen LogP contribution in [0, 0.1) is 0 Å². The van der Waals surface area contributed by atoms with E-state index in [2.05, 4.69) is 287 Å². The van der Waals surface area contributed by atoms with Gasteiger partial charge in [0.1, 0.15) is 0 Å². The van der Waals surface area contributed by atoms with Crippen LogP contribution in [-0.2, 0) is 5.41 Å². The van der Waals surface area contributed by atoms with Gasteiger partial charge in [0.05, 0.1) is 33.2 Å². The van der Waals surface area contributed by atoms with E-state index in [0.29, 0.717) is 0 Å². The predicted octanol–water partition coefficient (Wildman–Crippen LogP) is 18.5. The van der Waals surface area contributed by atoms with Gasteiger partial charge in [-0.15, -0.1) is 0 Å². The van der Waals surface area contributed by atoms with Crippen LogP contribution in [0.25, 0.3) is 99.1 Å². The molecule has 12 aromatic carbocycles. The van der Waals surface area contributed by atoms with Gasteiger partial charge in [0.15, 0.2) is 0 Å². The van der Waals surface area contributed by atoms with Crippen molar-refractivity contribution in [3.63, 3.8) is 0 Å². The van der Waals surface area contributed by atoms with Crippen molar-refractivity contribution in [2.75, 3.05) is 4.90 Å². The fourth-order valence-electron chi connectivity index (χ4n) is 13.3. The summed E-state index contributed by atoms with van der Waals surface area (Å²) in [4.78, 5) is 2.53. The Hall–Kier alpha value is -9.70. The van der Waals surface area contributed by atoms with Gasteiger partial charge < -0.3 is 14.0 Å². The minimum Gasteiger partial charge on any atom is -0.310 e. The van der Waals surface area contributed by atoms with Crippen molar-refractivity contribution in [3.8, 4) is 44.8 Å². The molecule has 2 aliphatic rings. The lowest BCUT2D eigenvalue weighted by atomic mass is 9.70. The minimum atomic E-state index is -0.496. The van der Waals surface area contributed by atoms with Gasteiger partial charge in [-0.05, 0) is 140 Å². The molecular weight excluding hydrogens is 895 g/mol. The second kappa shape index (κ2) is 15.6. The number of hydrogen-bond donors (Lipinski definition) is 0. The van der Waals surface area contributed by atoms with Gasteiger partial charge in [0.25, 0.3) is 0 Å². The van der Waals surface area contributed by atoms with Gasteiger partial charge in [0.2, 0.25) is 0 Å². The molecule has 0 bridgehead atoms. The third-order valence-corrected chi connectivity index (χ3v) is 16.3. The van der Waals surface area contributed by atoms with E-state index in [1.807, 2.05) is 0 Å². The number of rotatable bonds is 6. The van der Waals surface area contributed by atoms with Gasteiger partial charge >= 0.3 is 0 Å². The Bertz CT molecular complexity index is 4510. The molecule has 2 heterocycles. The molecule has 0 atom stereocenters. The first-order valence-corrected chi connectivity index (χ1v) is 25.7. The second-order valence-electron chi connectivity index (χ2n) is 20.0. The SMILES string of the molecule is c1ccc(-n2c3ccccc3c3cc(-c4cc(N(c5ccc6c(c5)C5(c7ccccc7-c7ccccc75)c5ccccc5-6)c5cccc6ccccc56)cc(-n5c6ccccc6c6ccccc65)c4)ccc32)cc1. The topological polar surface area (TPSA) is 13.1 Å². The standard InChI is InChI=1S/C71H45N3/c1-2-21-49(22-3-1)73-69-35-17-11-29-60(69)61-43-47(37-40-70(61)73)48-41-51(44-52(42-48)74-67-33-15-9-27-58(67)59-28-10-16-34-68(59)74)72(66-36-18-20-46-19-4-5-23-53(46)66)50-38-39-57-56-26-8-14-32-64(56)71(65(57)45-50)62-30-12-6-24-54(62)55-25-7-13-31-63(55)71/h1-45H. The zero-order valence-corrected chi connectivity index (χ0v) is 40.3. The van der Waals surface area contributed by atoms with Gasteiger partial charge in [-0.25, -0.2) is 0 Å². The molecule has 0 saturated heterocycles. The maximum atomic E-state index is 2.53. The van der Waals surface area contributed by atoms with Gasteiger partial charge in [-0.2, -0.15) is 0 Å². The summed E-state index contributed by atoms with van der Waals surface area (Å²) in [6.45, 7) is 0. The largest absolute Gasteiger partial charge is 0.310 e. The molecule has 344 valence electrons. The van der Waals surface area contributed by atoms with Crippen molar-refractivity contribution >= 4 is 71.4 Å².